The molecule has 4 rings (SSSR count). The molecule has 0 atom stereocenters. The smallest absolute Gasteiger partial charge is 0.254 e. The molecule has 0 spiro atoms. The van der Waals surface area contributed by atoms with Gasteiger partial charge in [0, 0.05) is 31.7 Å². The summed E-state index contributed by atoms with van der Waals surface area (Å²) in [4.78, 5) is 14.4. The fourth-order valence-corrected chi connectivity index (χ4v) is 5.78. The van der Waals surface area contributed by atoms with Gasteiger partial charge >= 0.3 is 0 Å². The first-order valence-electron chi connectivity index (χ1n) is 8.73. The van der Waals surface area contributed by atoms with Crippen molar-refractivity contribution in [2.75, 3.05) is 33.0 Å². The Balaban J connectivity index is 1.40. The van der Waals surface area contributed by atoms with Gasteiger partial charge in [0.15, 0.2) is 11.5 Å². The van der Waals surface area contributed by atoms with E-state index in [2.05, 4.69) is 0 Å². The van der Waals surface area contributed by atoms with Crippen molar-refractivity contribution in [3.63, 3.8) is 0 Å². The normalized spacial score (nSPS) is 21.7. The summed E-state index contributed by atoms with van der Waals surface area (Å²) in [6, 6.07) is 5.14. The SMILES string of the molecule is O=C(c1ccc2c(c1)OCO2)N1CCN(S(=O)(=O)C2CCCC2)CC1. The molecule has 0 radical (unpaired) electrons. The van der Waals surface area contributed by atoms with E-state index < -0.39 is 10.0 Å². The molecule has 25 heavy (non-hydrogen) atoms. The van der Waals surface area contributed by atoms with Crippen molar-refractivity contribution in [2.45, 2.75) is 30.9 Å². The molecule has 0 unspecified atom stereocenters. The van der Waals surface area contributed by atoms with E-state index in [1.165, 1.54) is 0 Å². The third-order valence-corrected chi connectivity index (χ3v) is 7.63. The third-order valence-electron chi connectivity index (χ3n) is 5.23. The molecule has 0 aromatic heterocycles. The van der Waals surface area contributed by atoms with Crippen LogP contribution in [-0.2, 0) is 10.0 Å². The number of carbonyl (C=O) groups excluding carboxylic acids is 1. The average Bonchev–Trinajstić information content (AvgIpc) is 3.32. The molecular weight excluding hydrogens is 344 g/mol. The van der Waals surface area contributed by atoms with E-state index >= 15 is 0 Å². The van der Waals surface area contributed by atoms with Gasteiger partial charge in [-0.1, -0.05) is 12.8 Å². The van der Waals surface area contributed by atoms with E-state index in [0.717, 1.165) is 25.7 Å². The number of nitrogens with zero attached hydrogens (tertiary/aromatic N) is 2. The van der Waals surface area contributed by atoms with E-state index in [4.69, 9.17) is 9.47 Å². The summed E-state index contributed by atoms with van der Waals surface area (Å²) in [7, 11) is -3.22. The van der Waals surface area contributed by atoms with Crippen LogP contribution in [0.15, 0.2) is 18.2 Å². The zero-order valence-electron chi connectivity index (χ0n) is 14.0. The van der Waals surface area contributed by atoms with E-state index in [-0.39, 0.29) is 18.0 Å². The minimum atomic E-state index is -3.22. The molecule has 1 aromatic carbocycles. The van der Waals surface area contributed by atoms with Crippen molar-refractivity contribution < 1.29 is 22.7 Å². The molecule has 1 aromatic rings. The second kappa shape index (κ2) is 6.49. The number of sulfonamides is 1. The lowest BCUT2D eigenvalue weighted by Gasteiger charge is -2.35. The molecule has 2 heterocycles. The lowest BCUT2D eigenvalue weighted by Crippen LogP contribution is -2.52. The molecular formula is C17H22N2O5S. The Morgan fingerprint density at radius 3 is 2.40 bits per heavy atom. The van der Waals surface area contributed by atoms with Crippen LogP contribution >= 0.6 is 0 Å². The van der Waals surface area contributed by atoms with Gasteiger partial charge in [-0.3, -0.25) is 4.79 Å². The van der Waals surface area contributed by atoms with Gasteiger partial charge < -0.3 is 14.4 Å². The molecule has 136 valence electrons. The lowest BCUT2D eigenvalue weighted by molar-refractivity contribution is 0.0697. The summed E-state index contributed by atoms with van der Waals surface area (Å²) < 4.78 is 37.4. The monoisotopic (exact) mass is 366 g/mol. The number of hydrogen-bond acceptors (Lipinski definition) is 5. The lowest BCUT2D eigenvalue weighted by atomic mass is 10.1. The van der Waals surface area contributed by atoms with Crippen LogP contribution in [0.5, 0.6) is 11.5 Å². The Morgan fingerprint density at radius 2 is 1.68 bits per heavy atom. The van der Waals surface area contributed by atoms with E-state index in [9.17, 15) is 13.2 Å². The number of fused-ring (bicyclic) bond motifs is 1. The van der Waals surface area contributed by atoms with Crippen molar-refractivity contribution in [3.8, 4) is 11.5 Å². The van der Waals surface area contributed by atoms with Gasteiger partial charge in [0.2, 0.25) is 16.8 Å². The zero-order valence-corrected chi connectivity index (χ0v) is 14.8. The van der Waals surface area contributed by atoms with E-state index in [0.29, 0.717) is 43.2 Å². The third kappa shape index (κ3) is 3.08. The summed E-state index contributed by atoms with van der Waals surface area (Å²) in [5.74, 6) is 1.12. The van der Waals surface area contributed by atoms with Crippen LogP contribution in [0, 0.1) is 0 Å². The summed E-state index contributed by atoms with van der Waals surface area (Å²) in [6.45, 7) is 1.74. The molecule has 8 heteroatoms. The van der Waals surface area contributed by atoms with Gasteiger partial charge in [0.25, 0.3) is 5.91 Å². The molecule has 0 N–H and O–H groups in total. The van der Waals surface area contributed by atoms with Gasteiger partial charge in [-0.05, 0) is 31.0 Å². The topological polar surface area (TPSA) is 76.2 Å². The molecule has 1 saturated carbocycles. The molecule has 7 nitrogen and oxygen atoms in total. The average molecular weight is 366 g/mol. The van der Waals surface area contributed by atoms with Crippen molar-refractivity contribution in [1.29, 1.82) is 0 Å². The Kier molecular flexibility index (Phi) is 4.33. The first kappa shape index (κ1) is 16.7. The number of hydrogen-bond donors (Lipinski definition) is 0. The first-order chi connectivity index (χ1) is 12.1. The Morgan fingerprint density at radius 1 is 1.00 bits per heavy atom. The van der Waals surface area contributed by atoms with E-state index in [1.807, 2.05) is 0 Å². The summed E-state index contributed by atoms with van der Waals surface area (Å²) >= 11 is 0. The van der Waals surface area contributed by atoms with Gasteiger partial charge in [0.05, 0.1) is 5.25 Å². The van der Waals surface area contributed by atoms with Crippen LogP contribution in [0.4, 0.5) is 0 Å². The Hall–Kier alpha value is -1.80. The number of rotatable bonds is 3. The van der Waals surface area contributed by atoms with Crippen molar-refractivity contribution in [1.82, 2.24) is 9.21 Å². The highest BCUT2D eigenvalue weighted by Crippen LogP contribution is 2.33. The van der Waals surface area contributed by atoms with Crippen LogP contribution in [-0.4, -0.2) is 61.8 Å². The van der Waals surface area contributed by atoms with Gasteiger partial charge in [-0.25, -0.2) is 8.42 Å². The fourth-order valence-electron chi connectivity index (χ4n) is 3.75. The van der Waals surface area contributed by atoms with Crippen LogP contribution in [0.2, 0.25) is 0 Å². The maximum Gasteiger partial charge on any atom is 0.254 e. The standard InChI is InChI=1S/C17H22N2O5S/c20-17(13-5-6-15-16(11-13)24-12-23-15)18-7-9-19(10-8-18)25(21,22)14-3-1-2-4-14/h5-6,11,14H,1-4,7-10,12H2. The van der Waals surface area contributed by atoms with Crippen LogP contribution in [0.3, 0.4) is 0 Å². The number of ether oxygens (including phenoxy) is 2. The van der Waals surface area contributed by atoms with Crippen LogP contribution < -0.4 is 9.47 Å². The summed E-state index contributed by atoms with van der Waals surface area (Å²) in [5, 5.41) is -0.233. The second-order valence-corrected chi connectivity index (χ2v) is 8.92. The quantitative estimate of drug-likeness (QED) is 0.809. The minimum Gasteiger partial charge on any atom is -0.454 e. The van der Waals surface area contributed by atoms with Crippen LogP contribution in [0.25, 0.3) is 0 Å². The summed E-state index contributed by atoms with van der Waals surface area (Å²) in [5.41, 5.74) is 0.538. The number of benzene rings is 1. The fraction of sp³-hybridized carbons (Fsp3) is 0.588. The maximum atomic E-state index is 12.7. The Labute approximate surface area is 147 Å². The summed E-state index contributed by atoms with van der Waals surface area (Å²) in [6.07, 6.45) is 3.51. The van der Waals surface area contributed by atoms with Crippen molar-refractivity contribution >= 4 is 15.9 Å². The highest BCUT2D eigenvalue weighted by molar-refractivity contribution is 7.89. The minimum absolute atomic E-state index is 0.101. The molecule has 0 bridgehead atoms. The maximum absolute atomic E-state index is 12.7. The predicted octanol–water partition coefficient (Wildman–Crippen LogP) is 1.45. The predicted molar refractivity (Wildman–Crippen MR) is 91.2 cm³/mol. The number of piperazine rings is 1. The highest BCUT2D eigenvalue weighted by Gasteiger charge is 2.36. The molecule has 2 fully saturated rings. The molecule has 3 aliphatic rings. The number of amides is 1. The Bertz CT molecular complexity index is 765. The zero-order chi connectivity index (χ0) is 17.4. The molecule has 1 aliphatic carbocycles. The molecule has 1 saturated heterocycles. The molecule has 1 amide bonds. The molecule has 2 aliphatic heterocycles. The largest absolute Gasteiger partial charge is 0.454 e. The first-order valence-corrected chi connectivity index (χ1v) is 10.2. The van der Waals surface area contributed by atoms with Crippen molar-refractivity contribution in [2.24, 2.45) is 0 Å². The van der Waals surface area contributed by atoms with Gasteiger partial charge in [0.1, 0.15) is 0 Å². The van der Waals surface area contributed by atoms with Gasteiger partial charge in [-0.15, -0.1) is 0 Å². The van der Waals surface area contributed by atoms with Gasteiger partial charge in [-0.2, -0.15) is 4.31 Å². The number of carbonyl (C=O) groups is 1. The van der Waals surface area contributed by atoms with Crippen molar-refractivity contribution in [3.05, 3.63) is 23.8 Å². The van der Waals surface area contributed by atoms with Crippen LogP contribution in [0.1, 0.15) is 36.0 Å². The highest BCUT2D eigenvalue weighted by atomic mass is 32.2. The second-order valence-electron chi connectivity index (χ2n) is 6.71. The van der Waals surface area contributed by atoms with E-state index in [1.54, 1.807) is 27.4 Å².